The second kappa shape index (κ2) is 9.24. The number of likely N-dealkylation sites (tertiary alicyclic amines) is 1. The van der Waals surface area contributed by atoms with Crippen molar-refractivity contribution in [1.82, 2.24) is 25.6 Å². The van der Waals surface area contributed by atoms with Gasteiger partial charge in [0.15, 0.2) is 0 Å². The molecular formula is C27H30FN5O2. The molecule has 2 fully saturated rings. The number of carbonyl (C=O) groups is 2. The maximum absolute atomic E-state index is 14.9. The largest absolute Gasteiger partial charge is 0.343 e. The van der Waals surface area contributed by atoms with Crippen LogP contribution < -0.4 is 5.32 Å². The van der Waals surface area contributed by atoms with Crippen LogP contribution in [0.1, 0.15) is 73.9 Å². The number of H-pyrrole nitrogens is 1. The number of carbonyl (C=O) groups excluding carboxylic acids is 2. The lowest BCUT2D eigenvalue weighted by Gasteiger charge is -2.31. The number of hydrogen-bond acceptors (Lipinski definition) is 4. The van der Waals surface area contributed by atoms with E-state index < -0.39 is 12.1 Å². The summed E-state index contributed by atoms with van der Waals surface area (Å²) in [5.74, 6) is -0.538. The third-order valence-electron chi connectivity index (χ3n) is 7.31. The van der Waals surface area contributed by atoms with E-state index in [9.17, 15) is 14.0 Å². The van der Waals surface area contributed by atoms with Crippen LogP contribution in [-0.2, 0) is 16.0 Å². The number of halogens is 1. The van der Waals surface area contributed by atoms with Gasteiger partial charge in [0.25, 0.3) is 0 Å². The first-order valence-electron chi connectivity index (χ1n) is 12.2. The smallest absolute Gasteiger partial charge is 0.243 e. The fourth-order valence-electron chi connectivity index (χ4n) is 5.30. The van der Waals surface area contributed by atoms with Crippen molar-refractivity contribution in [2.45, 2.75) is 69.5 Å². The molecule has 1 aliphatic carbocycles. The summed E-state index contributed by atoms with van der Waals surface area (Å²) in [7, 11) is 0. The SMILES string of the molecule is CC(C)c1ccc(C(NC(=O)C2CCC3(CC3)N2C(=O)Cc2cnn[nH]2)c2ccccc2)cc1F. The summed E-state index contributed by atoms with van der Waals surface area (Å²) < 4.78 is 14.9. The lowest BCUT2D eigenvalue weighted by molar-refractivity contribution is -0.140. The Balaban J connectivity index is 1.41. The van der Waals surface area contributed by atoms with Crippen LogP contribution in [0.25, 0.3) is 0 Å². The van der Waals surface area contributed by atoms with Gasteiger partial charge in [0.1, 0.15) is 11.9 Å². The van der Waals surface area contributed by atoms with Crippen molar-refractivity contribution in [2.24, 2.45) is 0 Å². The molecule has 1 spiro atoms. The Morgan fingerprint density at radius 1 is 1.14 bits per heavy atom. The fourth-order valence-corrected chi connectivity index (χ4v) is 5.30. The molecule has 2 unspecified atom stereocenters. The van der Waals surface area contributed by atoms with Crippen LogP contribution in [0.4, 0.5) is 4.39 Å². The first kappa shape index (κ1) is 23.2. The van der Waals surface area contributed by atoms with Crippen molar-refractivity contribution in [1.29, 1.82) is 0 Å². The highest BCUT2D eigenvalue weighted by atomic mass is 19.1. The van der Waals surface area contributed by atoms with Crippen LogP contribution in [0.15, 0.2) is 54.7 Å². The Morgan fingerprint density at radius 2 is 1.91 bits per heavy atom. The molecule has 2 heterocycles. The number of nitrogens with one attached hydrogen (secondary N) is 2. The average molecular weight is 476 g/mol. The molecule has 2 amide bonds. The lowest BCUT2D eigenvalue weighted by atomic mass is 9.94. The molecule has 0 radical (unpaired) electrons. The molecule has 8 heteroatoms. The lowest BCUT2D eigenvalue weighted by Crippen LogP contribution is -2.51. The van der Waals surface area contributed by atoms with Gasteiger partial charge in [-0.15, -0.1) is 5.10 Å². The second-order valence-electron chi connectivity index (χ2n) is 9.99. The Morgan fingerprint density at radius 3 is 2.54 bits per heavy atom. The highest BCUT2D eigenvalue weighted by Crippen LogP contribution is 2.52. The molecule has 2 atom stereocenters. The number of amides is 2. The maximum atomic E-state index is 14.9. The molecule has 7 nitrogen and oxygen atoms in total. The van der Waals surface area contributed by atoms with E-state index >= 15 is 0 Å². The van der Waals surface area contributed by atoms with Gasteiger partial charge in [0.05, 0.1) is 24.4 Å². The van der Waals surface area contributed by atoms with Gasteiger partial charge < -0.3 is 10.2 Å². The molecule has 1 saturated carbocycles. The van der Waals surface area contributed by atoms with Crippen LogP contribution in [0.5, 0.6) is 0 Å². The Labute approximate surface area is 204 Å². The minimum Gasteiger partial charge on any atom is -0.343 e. The van der Waals surface area contributed by atoms with Crippen molar-refractivity contribution in [3.63, 3.8) is 0 Å². The molecule has 182 valence electrons. The van der Waals surface area contributed by atoms with Crippen LogP contribution in [0, 0.1) is 5.82 Å². The predicted molar refractivity (Wildman–Crippen MR) is 129 cm³/mol. The average Bonchev–Trinajstić information content (AvgIpc) is 3.24. The Bertz CT molecular complexity index is 1210. The van der Waals surface area contributed by atoms with E-state index in [4.69, 9.17) is 0 Å². The minimum atomic E-state index is -0.563. The molecule has 2 N–H and O–H groups in total. The summed E-state index contributed by atoms with van der Waals surface area (Å²) in [6.07, 6.45) is 4.90. The van der Waals surface area contributed by atoms with E-state index in [0.29, 0.717) is 23.2 Å². The highest BCUT2D eigenvalue weighted by molar-refractivity contribution is 5.90. The van der Waals surface area contributed by atoms with Crippen LogP contribution in [-0.4, -0.2) is 43.7 Å². The van der Waals surface area contributed by atoms with Gasteiger partial charge in [-0.25, -0.2) is 4.39 Å². The first-order chi connectivity index (χ1) is 16.9. The van der Waals surface area contributed by atoms with Crippen molar-refractivity contribution in [2.75, 3.05) is 0 Å². The summed E-state index contributed by atoms with van der Waals surface area (Å²) in [5, 5.41) is 13.3. The summed E-state index contributed by atoms with van der Waals surface area (Å²) in [6.45, 7) is 3.90. The quantitative estimate of drug-likeness (QED) is 0.540. The zero-order valence-corrected chi connectivity index (χ0v) is 20.0. The highest BCUT2D eigenvalue weighted by Gasteiger charge is 2.58. The summed E-state index contributed by atoms with van der Waals surface area (Å²) in [4.78, 5) is 28.7. The van der Waals surface area contributed by atoms with Crippen molar-refractivity contribution in [3.8, 4) is 0 Å². The zero-order valence-electron chi connectivity index (χ0n) is 20.0. The van der Waals surface area contributed by atoms with Crippen LogP contribution in [0.2, 0.25) is 0 Å². The first-order valence-corrected chi connectivity index (χ1v) is 12.2. The van der Waals surface area contributed by atoms with Gasteiger partial charge in [0, 0.05) is 5.54 Å². The van der Waals surface area contributed by atoms with Gasteiger partial charge in [-0.05, 0) is 54.4 Å². The Kier molecular flexibility index (Phi) is 6.13. The number of aromatic nitrogens is 3. The van der Waals surface area contributed by atoms with E-state index in [1.807, 2.05) is 50.2 Å². The predicted octanol–water partition coefficient (Wildman–Crippen LogP) is 4.04. The van der Waals surface area contributed by atoms with Crippen LogP contribution in [0.3, 0.4) is 0 Å². The van der Waals surface area contributed by atoms with Crippen molar-refractivity contribution >= 4 is 11.8 Å². The molecule has 5 rings (SSSR count). The van der Waals surface area contributed by atoms with E-state index in [1.54, 1.807) is 11.0 Å². The third kappa shape index (κ3) is 4.57. The molecule has 2 aromatic carbocycles. The van der Waals surface area contributed by atoms with E-state index in [0.717, 1.165) is 24.8 Å². The standard InChI is InChI=1S/C27H30FN5O2/c1-17(2)21-9-8-19(14-22(21)28)25(18-6-4-3-5-7-18)30-26(35)23-10-11-27(12-13-27)33(23)24(34)15-20-16-29-32-31-20/h3-9,14,16-17,23,25H,10-13,15H2,1-2H3,(H,30,35)(H,29,31,32). The molecule has 3 aromatic rings. The van der Waals surface area contributed by atoms with Crippen molar-refractivity contribution in [3.05, 3.63) is 82.9 Å². The minimum absolute atomic E-state index is 0.0617. The monoisotopic (exact) mass is 475 g/mol. The summed E-state index contributed by atoms with van der Waals surface area (Å²) >= 11 is 0. The van der Waals surface area contributed by atoms with Crippen molar-refractivity contribution < 1.29 is 14.0 Å². The van der Waals surface area contributed by atoms with E-state index in [-0.39, 0.29) is 35.5 Å². The van der Waals surface area contributed by atoms with Gasteiger partial charge in [0.2, 0.25) is 11.8 Å². The van der Waals surface area contributed by atoms with Gasteiger partial charge >= 0.3 is 0 Å². The Hall–Kier alpha value is -3.55. The fraction of sp³-hybridized carbons (Fsp3) is 0.407. The van der Waals surface area contributed by atoms with Crippen LogP contribution >= 0.6 is 0 Å². The number of nitrogens with zero attached hydrogens (tertiary/aromatic N) is 3. The van der Waals surface area contributed by atoms with Gasteiger partial charge in [-0.1, -0.05) is 61.5 Å². The topological polar surface area (TPSA) is 91.0 Å². The molecule has 1 saturated heterocycles. The van der Waals surface area contributed by atoms with E-state index in [2.05, 4.69) is 20.7 Å². The number of rotatable bonds is 7. The normalized spacial score (nSPS) is 19.2. The zero-order chi connectivity index (χ0) is 24.6. The van der Waals surface area contributed by atoms with E-state index in [1.165, 1.54) is 12.3 Å². The van der Waals surface area contributed by atoms with Gasteiger partial charge in [-0.3, -0.25) is 14.7 Å². The maximum Gasteiger partial charge on any atom is 0.243 e. The summed E-state index contributed by atoms with van der Waals surface area (Å²) in [5.41, 5.74) is 2.58. The molecular weight excluding hydrogens is 445 g/mol. The number of benzene rings is 2. The summed E-state index contributed by atoms with van der Waals surface area (Å²) in [6, 6.07) is 13.6. The number of aromatic amines is 1. The van der Waals surface area contributed by atoms with Gasteiger partial charge in [-0.2, -0.15) is 0 Å². The molecule has 1 aliphatic heterocycles. The number of hydrogen-bond donors (Lipinski definition) is 2. The molecule has 35 heavy (non-hydrogen) atoms. The second-order valence-corrected chi connectivity index (χ2v) is 9.99. The molecule has 0 bridgehead atoms. The molecule has 2 aliphatic rings. The molecule has 1 aromatic heterocycles. The third-order valence-corrected chi connectivity index (χ3v) is 7.31.